The summed E-state index contributed by atoms with van der Waals surface area (Å²) in [6, 6.07) is 11.1. The Morgan fingerprint density at radius 2 is 2.00 bits per heavy atom. The van der Waals surface area contributed by atoms with Gasteiger partial charge in [0, 0.05) is 6.07 Å². The van der Waals surface area contributed by atoms with Gasteiger partial charge in [-0.15, -0.1) is 0 Å². The molecule has 84 valence electrons. The fraction of sp³-hybridized carbons (Fsp3) is 0.0833. The van der Waals surface area contributed by atoms with Gasteiger partial charge in [-0.25, -0.2) is 9.97 Å². The maximum atomic E-state index is 8.55. The van der Waals surface area contributed by atoms with Crippen LogP contribution in [0.5, 0.6) is 11.6 Å². The SMILES string of the molecule is N#CCc1ccc(Oc2cc(Br)ncn2)cc1. The van der Waals surface area contributed by atoms with Gasteiger partial charge in [-0.2, -0.15) is 5.26 Å². The van der Waals surface area contributed by atoms with Crippen molar-refractivity contribution in [2.24, 2.45) is 0 Å². The summed E-state index contributed by atoms with van der Waals surface area (Å²) >= 11 is 3.24. The molecule has 0 aliphatic rings. The molecule has 0 atom stereocenters. The summed E-state index contributed by atoms with van der Waals surface area (Å²) in [5.41, 5.74) is 0.962. The van der Waals surface area contributed by atoms with E-state index in [9.17, 15) is 0 Å². The van der Waals surface area contributed by atoms with Crippen molar-refractivity contribution in [3.05, 3.63) is 46.8 Å². The molecular formula is C12H8BrN3O. The highest BCUT2D eigenvalue weighted by atomic mass is 79.9. The minimum atomic E-state index is 0.402. The van der Waals surface area contributed by atoms with Crippen molar-refractivity contribution in [1.82, 2.24) is 9.97 Å². The lowest BCUT2D eigenvalue weighted by Crippen LogP contribution is -1.89. The van der Waals surface area contributed by atoms with Crippen molar-refractivity contribution < 1.29 is 4.74 Å². The van der Waals surface area contributed by atoms with Gasteiger partial charge in [-0.1, -0.05) is 12.1 Å². The quantitative estimate of drug-likeness (QED) is 0.815. The maximum absolute atomic E-state index is 8.55. The molecule has 1 heterocycles. The number of nitrogens with zero attached hydrogens (tertiary/aromatic N) is 3. The number of halogens is 1. The van der Waals surface area contributed by atoms with Crippen LogP contribution in [0.3, 0.4) is 0 Å². The molecule has 0 saturated heterocycles. The van der Waals surface area contributed by atoms with Crippen LogP contribution in [0.1, 0.15) is 5.56 Å². The molecule has 0 spiro atoms. The third-order valence-corrected chi connectivity index (χ3v) is 2.47. The normalized spacial score (nSPS) is 9.65. The monoisotopic (exact) mass is 289 g/mol. The van der Waals surface area contributed by atoms with E-state index in [0.717, 1.165) is 5.56 Å². The molecule has 0 fully saturated rings. The van der Waals surface area contributed by atoms with Gasteiger partial charge in [0.1, 0.15) is 16.7 Å². The second-order valence-electron chi connectivity index (χ2n) is 3.26. The molecule has 0 aliphatic carbocycles. The zero-order valence-electron chi connectivity index (χ0n) is 8.80. The molecule has 17 heavy (non-hydrogen) atoms. The molecule has 2 aromatic rings. The highest BCUT2D eigenvalue weighted by Crippen LogP contribution is 2.21. The fourth-order valence-electron chi connectivity index (χ4n) is 1.26. The second kappa shape index (κ2) is 5.41. The molecule has 2 rings (SSSR count). The third kappa shape index (κ3) is 3.26. The van der Waals surface area contributed by atoms with Crippen molar-refractivity contribution in [3.8, 4) is 17.7 Å². The Kier molecular flexibility index (Phi) is 3.68. The summed E-state index contributed by atoms with van der Waals surface area (Å²) in [7, 11) is 0. The molecule has 4 nitrogen and oxygen atoms in total. The predicted molar refractivity (Wildman–Crippen MR) is 65.6 cm³/mol. The Balaban J connectivity index is 2.11. The van der Waals surface area contributed by atoms with E-state index in [2.05, 4.69) is 32.0 Å². The first-order chi connectivity index (χ1) is 8.28. The Bertz CT molecular complexity index is 548. The topological polar surface area (TPSA) is 58.8 Å². The molecule has 1 aromatic carbocycles. The number of ether oxygens (including phenoxy) is 1. The summed E-state index contributed by atoms with van der Waals surface area (Å²) in [5, 5.41) is 8.55. The van der Waals surface area contributed by atoms with E-state index in [-0.39, 0.29) is 0 Å². The first-order valence-electron chi connectivity index (χ1n) is 4.89. The molecule has 0 aliphatic heterocycles. The van der Waals surface area contributed by atoms with E-state index in [1.165, 1.54) is 6.33 Å². The van der Waals surface area contributed by atoms with Crippen molar-refractivity contribution in [3.63, 3.8) is 0 Å². The summed E-state index contributed by atoms with van der Waals surface area (Å²) < 4.78 is 6.20. The lowest BCUT2D eigenvalue weighted by molar-refractivity contribution is 0.460. The van der Waals surface area contributed by atoms with Crippen LogP contribution in [-0.4, -0.2) is 9.97 Å². The predicted octanol–water partition coefficient (Wildman–Crippen LogP) is 3.10. The number of aromatic nitrogens is 2. The van der Waals surface area contributed by atoms with Crippen molar-refractivity contribution >= 4 is 15.9 Å². The van der Waals surface area contributed by atoms with Gasteiger partial charge in [-0.3, -0.25) is 0 Å². The van der Waals surface area contributed by atoms with Gasteiger partial charge >= 0.3 is 0 Å². The van der Waals surface area contributed by atoms with E-state index < -0.39 is 0 Å². The number of hydrogen-bond donors (Lipinski definition) is 0. The Labute approximate surface area is 107 Å². The highest BCUT2D eigenvalue weighted by molar-refractivity contribution is 9.10. The van der Waals surface area contributed by atoms with Gasteiger partial charge in [-0.05, 0) is 33.6 Å². The van der Waals surface area contributed by atoms with E-state index in [1.54, 1.807) is 6.07 Å². The standard InChI is InChI=1S/C12H8BrN3O/c13-11-7-12(16-8-15-11)17-10-3-1-9(2-4-10)5-6-14/h1-4,7-8H,5H2. The zero-order valence-corrected chi connectivity index (χ0v) is 10.4. The highest BCUT2D eigenvalue weighted by Gasteiger charge is 2.00. The first kappa shape index (κ1) is 11.6. The first-order valence-corrected chi connectivity index (χ1v) is 5.68. The minimum Gasteiger partial charge on any atom is -0.439 e. The van der Waals surface area contributed by atoms with E-state index in [4.69, 9.17) is 10.00 Å². The van der Waals surface area contributed by atoms with Gasteiger partial charge in [0.15, 0.2) is 0 Å². The summed E-state index contributed by atoms with van der Waals surface area (Å²) in [6.07, 6.45) is 1.82. The largest absolute Gasteiger partial charge is 0.439 e. The van der Waals surface area contributed by atoms with Crippen LogP contribution in [0.4, 0.5) is 0 Å². The van der Waals surface area contributed by atoms with Crippen LogP contribution < -0.4 is 4.74 Å². The third-order valence-electron chi connectivity index (χ3n) is 2.04. The van der Waals surface area contributed by atoms with Gasteiger partial charge in [0.2, 0.25) is 5.88 Å². The van der Waals surface area contributed by atoms with Gasteiger partial charge in [0.25, 0.3) is 0 Å². The van der Waals surface area contributed by atoms with Crippen LogP contribution in [0.2, 0.25) is 0 Å². The number of rotatable bonds is 3. The summed E-state index contributed by atoms with van der Waals surface area (Å²) in [6.45, 7) is 0. The molecule has 0 radical (unpaired) electrons. The van der Waals surface area contributed by atoms with E-state index >= 15 is 0 Å². The number of hydrogen-bond acceptors (Lipinski definition) is 4. The Morgan fingerprint density at radius 1 is 1.24 bits per heavy atom. The van der Waals surface area contributed by atoms with Crippen LogP contribution in [0.25, 0.3) is 0 Å². The summed E-state index contributed by atoms with van der Waals surface area (Å²) in [4.78, 5) is 7.89. The molecule has 0 amide bonds. The lowest BCUT2D eigenvalue weighted by Gasteiger charge is -2.04. The Hall–Kier alpha value is -1.93. The van der Waals surface area contributed by atoms with Gasteiger partial charge < -0.3 is 4.74 Å². The van der Waals surface area contributed by atoms with Crippen LogP contribution in [0.15, 0.2) is 41.3 Å². The molecule has 0 bridgehead atoms. The van der Waals surface area contributed by atoms with Crippen LogP contribution in [0, 0.1) is 11.3 Å². The second-order valence-corrected chi connectivity index (χ2v) is 4.07. The average Bonchev–Trinajstić information content (AvgIpc) is 2.32. The Morgan fingerprint density at radius 3 is 2.65 bits per heavy atom. The van der Waals surface area contributed by atoms with Crippen molar-refractivity contribution in [1.29, 1.82) is 5.26 Å². The van der Waals surface area contributed by atoms with Gasteiger partial charge in [0.05, 0.1) is 12.5 Å². The molecule has 5 heteroatoms. The zero-order chi connectivity index (χ0) is 12.1. The minimum absolute atomic E-state index is 0.402. The molecule has 0 unspecified atom stereocenters. The van der Waals surface area contributed by atoms with E-state index in [0.29, 0.717) is 22.7 Å². The number of benzene rings is 1. The van der Waals surface area contributed by atoms with Crippen LogP contribution >= 0.6 is 15.9 Å². The lowest BCUT2D eigenvalue weighted by atomic mass is 10.2. The molecular weight excluding hydrogens is 282 g/mol. The number of nitriles is 1. The molecule has 1 aromatic heterocycles. The van der Waals surface area contributed by atoms with Crippen molar-refractivity contribution in [2.75, 3.05) is 0 Å². The van der Waals surface area contributed by atoms with E-state index in [1.807, 2.05) is 24.3 Å². The fourth-order valence-corrected chi connectivity index (χ4v) is 1.55. The molecule has 0 N–H and O–H groups in total. The maximum Gasteiger partial charge on any atom is 0.223 e. The van der Waals surface area contributed by atoms with Crippen LogP contribution in [-0.2, 0) is 6.42 Å². The average molecular weight is 290 g/mol. The smallest absolute Gasteiger partial charge is 0.223 e. The molecule has 0 saturated carbocycles. The van der Waals surface area contributed by atoms with Crippen molar-refractivity contribution in [2.45, 2.75) is 6.42 Å². The summed E-state index contributed by atoms with van der Waals surface area (Å²) in [5.74, 6) is 1.15.